The number of hydrogen-bond donors (Lipinski definition) is 0. The van der Waals surface area contributed by atoms with E-state index in [-0.39, 0.29) is 121 Å². The van der Waals surface area contributed by atoms with Crippen molar-refractivity contribution in [2.75, 3.05) is 9.80 Å². The topological polar surface area (TPSA) is 55.8 Å². The van der Waals surface area contributed by atoms with Crippen molar-refractivity contribution in [1.82, 2.24) is 0 Å². The van der Waals surface area contributed by atoms with Gasteiger partial charge in [0.15, 0.2) is 0 Å². The van der Waals surface area contributed by atoms with E-state index in [9.17, 15) is 0 Å². The Morgan fingerprint density at radius 1 is 0.415 bits per heavy atom. The molecule has 8 heteroatoms. The molecule has 0 bridgehead atoms. The van der Waals surface area contributed by atoms with E-state index < -0.39 is 8.07 Å². The van der Waals surface area contributed by atoms with Gasteiger partial charge in [0, 0.05) is 56.1 Å². The fourth-order valence-electron chi connectivity index (χ4n) is 13.8. The maximum Gasteiger partial charge on any atom is 1.00 e. The molecule has 0 saturated carbocycles. The molecule has 0 amide bonds. The van der Waals surface area contributed by atoms with Crippen LogP contribution in [0.25, 0.3) is 44.5 Å². The van der Waals surface area contributed by atoms with Gasteiger partial charge in [0.1, 0.15) is 8.07 Å². The van der Waals surface area contributed by atoms with Crippen LogP contribution in [0.5, 0.6) is 0 Å². The number of nitrogens with zero attached hydrogens (tertiary/aromatic N) is 2. The number of para-hydroxylation sites is 4. The van der Waals surface area contributed by atoms with E-state index in [1.54, 1.807) is 0 Å². The maximum absolute atomic E-state index is 8.64. The van der Waals surface area contributed by atoms with Gasteiger partial charge in [0.25, 0.3) is 6.47 Å². The summed E-state index contributed by atoms with van der Waals surface area (Å²) in [5.74, 6) is 6.48. The number of carbonyl (C=O) groups excluding carboxylic acids is 1. The Balaban J connectivity index is 0.000000248. The fraction of sp³-hybridized carbons (Fsp3) is 0.244. The number of unbranched alkanes of at least 4 members (excludes halogenated alkanes) is 4. The summed E-state index contributed by atoms with van der Waals surface area (Å²) in [5.41, 5.74) is 29.2. The Morgan fingerprint density at radius 3 is 0.989 bits per heavy atom. The molecule has 0 unspecified atom stereocenters. The number of hydrogen-bond acceptors (Lipinski definition) is 5. The van der Waals surface area contributed by atoms with Crippen LogP contribution in [0.4, 0.5) is 34.1 Å². The summed E-state index contributed by atoms with van der Waals surface area (Å²) in [6.07, 6.45) is 20.2. The molecular weight excluding hydrogens is 1220 g/mol. The van der Waals surface area contributed by atoms with Crippen LogP contribution in [0.1, 0.15) is 140 Å². The molecular formula is C86H88K2N2O3Si. The minimum Gasteiger partial charge on any atom is -1.00 e. The minimum atomic E-state index is -1.47. The van der Waals surface area contributed by atoms with E-state index in [0.717, 1.165) is 52.5 Å². The predicted molar refractivity (Wildman–Crippen MR) is 390 cm³/mol. The Labute approximate surface area is 649 Å². The number of anilines is 6. The quantitative estimate of drug-likeness (QED) is 0.0236. The molecule has 466 valence electrons. The van der Waals surface area contributed by atoms with Gasteiger partial charge in [-0.25, -0.2) is 0 Å². The summed E-state index contributed by atoms with van der Waals surface area (Å²) in [5, 5.41) is 8.43. The molecule has 10 aromatic carbocycles. The normalized spacial score (nSPS) is 12.3. The van der Waals surface area contributed by atoms with E-state index in [1.165, 1.54) is 137 Å². The van der Waals surface area contributed by atoms with Gasteiger partial charge in [0.05, 0.1) is 0 Å². The summed E-state index contributed by atoms with van der Waals surface area (Å²) in [4.78, 5) is 15.9. The van der Waals surface area contributed by atoms with Crippen molar-refractivity contribution in [3.05, 3.63) is 276 Å². The molecule has 0 fully saturated rings. The first kappa shape index (κ1) is 73.6. The van der Waals surface area contributed by atoms with Gasteiger partial charge < -0.3 is 21.4 Å². The van der Waals surface area contributed by atoms with E-state index in [4.69, 9.17) is 16.5 Å². The van der Waals surface area contributed by atoms with Crippen molar-refractivity contribution >= 4 is 48.7 Å². The van der Waals surface area contributed by atoms with Gasteiger partial charge in [-0.3, -0.25) is 4.79 Å². The Bertz CT molecular complexity index is 4080. The standard InChI is InChI=1S/C44H47NSi.C41H39N.CH2O3.2K.H/c1-6-8-29-44(30-9-7-2)42-32-34(28-31-46(3,4)5)20-26-40(42)41-27-23-36(33-43(41)44)35-21-24-39(25-22-35)45(37-16-12-10-13-17-37)38-18-14-11-15-19-38;1-4-7-27-41(28-8-5-2)39-29-31(6-3)19-25-37(39)38-26-22-33(30-40(38)41)32-20-23-36(24-21-32)42(34-15-11-9-12-16-34)35-17-13-10-14-18-35;2-1-4-3;;;/h10-27,32-33H,6-9,29-30H2,1-5H3;3,9-26,29-30H,4-5,7-8,27-28H2,1-2H3;1,3H;;;/q;;;2*+1;-1/p-1. The van der Waals surface area contributed by atoms with Gasteiger partial charge in [-0.2, -0.15) is 0 Å². The van der Waals surface area contributed by atoms with Crippen LogP contribution < -0.4 is 118 Å². The van der Waals surface area contributed by atoms with E-state index in [2.05, 4.69) is 322 Å². The van der Waals surface area contributed by atoms with E-state index >= 15 is 0 Å². The molecule has 0 aromatic heterocycles. The van der Waals surface area contributed by atoms with Crippen LogP contribution >= 0.6 is 0 Å². The zero-order valence-electron chi connectivity index (χ0n) is 57.9. The molecule has 0 spiro atoms. The van der Waals surface area contributed by atoms with Crippen LogP contribution in [0.15, 0.2) is 243 Å². The second-order valence-electron chi connectivity index (χ2n) is 25.6. The molecule has 2 aliphatic carbocycles. The van der Waals surface area contributed by atoms with Gasteiger partial charge >= 0.3 is 103 Å². The summed E-state index contributed by atoms with van der Waals surface area (Å²) >= 11 is 0. The van der Waals surface area contributed by atoms with Gasteiger partial charge in [0.2, 0.25) is 0 Å². The number of terminal acetylenes is 1. The summed E-state index contributed by atoms with van der Waals surface area (Å²) in [7, 11) is -1.47. The van der Waals surface area contributed by atoms with Gasteiger partial charge in [-0.1, -0.05) is 244 Å². The van der Waals surface area contributed by atoms with Crippen LogP contribution in [0.3, 0.4) is 0 Å². The van der Waals surface area contributed by atoms with Gasteiger partial charge in [-0.15, -0.1) is 12.0 Å². The third kappa shape index (κ3) is 17.0. The SMILES string of the molecule is C#Cc1ccc2c(c1)C(CCCC)(CCCC)c1cc(-c3ccc(N(c4ccccc4)c4ccccc4)cc3)ccc1-2.CCCCC1(CCCC)c2cc(C#C[Si](C)(C)C)ccc2-c2ccc(-c3ccc(N(c4ccccc4)c4ccccc4)cc3)cc21.O=CO[O-].[H-].[K+].[K+]. The van der Waals surface area contributed by atoms with Crippen molar-refractivity contribution in [2.45, 2.75) is 135 Å². The maximum atomic E-state index is 8.64. The first-order chi connectivity index (χ1) is 44.9. The average molecular weight is 1300 g/mol. The van der Waals surface area contributed by atoms with E-state index in [1.807, 2.05) is 0 Å². The predicted octanol–water partition coefficient (Wildman–Crippen LogP) is 16.7. The Kier molecular flexibility index (Phi) is 27.6. The van der Waals surface area contributed by atoms with Crippen molar-refractivity contribution in [1.29, 1.82) is 0 Å². The van der Waals surface area contributed by atoms with Crippen molar-refractivity contribution in [3.8, 4) is 68.3 Å². The number of benzene rings is 10. The molecule has 94 heavy (non-hydrogen) atoms. The average Bonchev–Trinajstić information content (AvgIpc) is 1.58. The third-order valence-corrected chi connectivity index (χ3v) is 19.2. The Morgan fingerprint density at radius 2 is 0.691 bits per heavy atom. The molecule has 5 nitrogen and oxygen atoms in total. The van der Waals surface area contributed by atoms with Crippen LogP contribution in [0, 0.1) is 23.8 Å². The number of fused-ring (bicyclic) bond motifs is 6. The zero-order valence-corrected chi connectivity index (χ0v) is 64.1. The zero-order chi connectivity index (χ0) is 64.5. The van der Waals surface area contributed by atoms with Crippen LogP contribution in [-0.2, 0) is 20.5 Å². The molecule has 10 aromatic rings. The first-order valence-electron chi connectivity index (χ1n) is 33.2. The monoisotopic (exact) mass is 1300 g/mol. The van der Waals surface area contributed by atoms with Crippen molar-refractivity contribution in [3.63, 3.8) is 0 Å². The summed E-state index contributed by atoms with van der Waals surface area (Å²) in [6.45, 7) is 16.0. The molecule has 0 aliphatic heterocycles. The molecule has 0 N–H and O–H groups in total. The molecule has 0 radical (unpaired) electrons. The molecule has 12 rings (SSSR count). The molecule has 2 aliphatic rings. The van der Waals surface area contributed by atoms with Crippen LogP contribution in [0.2, 0.25) is 19.6 Å². The smallest absolute Gasteiger partial charge is 1.00 e. The minimum absolute atomic E-state index is 0. The molecule has 0 heterocycles. The second kappa shape index (κ2) is 35.2. The largest absolute Gasteiger partial charge is 1.00 e. The van der Waals surface area contributed by atoms with Crippen molar-refractivity contribution < 1.29 is 119 Å². The van der Waals surface area contributed by atoms with Gasteiger partial charge in [-0.05, 0) is 202 Å². The Hall–Kier alpha value is -6.16. The number of rotatable bonds is 21. The first-order valence-corrected chi connectivity index (χ1v) is 36.7. The van der Waals surface area contributed by atoms with Crippen molar-refractivity contribution in [2.24, 2.45) is 0 Å². The molecule has 0 atom stereocenters. The summed E-state index contributed by atoms with van der Waals surface area (Å²) < 4.78 is 0. The molecule has 0 saturated heterocycles. The second-order valence-corrected chi connectivity index (χ2v) is 30.3. The fourth-order valence-corrected chi connectivity index (χ4v) is 14.3. The third-order valence-electron chi connectivity index (χ3n) is 18.3. The van der Waals surface area contributed by atoms with Crippen LogP contribution in [-0.4, -0.2) is 14.5 Å². The van der Waals surface area contributed by atoms with E-state index in [0.29, 0.717) is 0 Å². The number of carbonyl (C=O) groups is 1. The summed E-state index contributed by atoms with van der Waals surface area (Å²) in [6, 6.07) is 88.7.